The van der Waals surface area contributed by atoms with Crippen molar-refractivity contribution >= 4 is 11.6 Å². The minimum absolute atomic E-state index is 0.145. The smallest absolute Gasteiger partial charge is 0.244 e. The van der Waals surface area contributed by atoms with Gasteiger partial charge in [-0.05, 0) is 31.9 Å². The van der Waals surface area contributed by atoms with Gasteiger partial charge in [-0.3, -0.25) is 4.79 Å². The number of carbonyl (C=O) groups excluding carboxylic acids is 1. The lowest BCUT2D eigenvalue weighted by Crippen LogP contribution is -2.45. The Kier molecular flexibility index (Phi) is 4.94. The molecule has 0 unspecified atom stereocenters. The van der Waals surface area contributed by atoms with Crippen LogP contribution in [0.2, 0.25) is 0 Å². The van der Waals surface area contributed by atoms with E-state index in [1.165, 1.54) is 19.3 Å². The molecule has 3 rings (SSSR count). The van der Waals surface area contributed by atoms with E-state index >= 15 is 0 Å². The molecule has 0 bridgehead atoms. The van der Waals surface area contributed by atoms with Crippen molar-refractivity contribution < 1.29 is 14.3 Å². The quantitative estimate of drug-likeness (QED) is 0.927. The average molecular weight is 318 g/mol. The van der Waals surface area contributed by atoms with Crippen LogP contribution in [0.4, 0.5) is 5.69 Å². The number of hydrogen-bond donors (Lipinski definition) is 1. The van der Waals surface area contributed by atoms with Crippen LogP contribution in [-0.2, 0) is 4.79 Å². The minimum atomic E-state index is -0.260. The molecule has 1 atom stereocenters. The molecule has 1 heterocycles. The van der Waals surface area contributed by atoms with E-state index in [4.69, 9.17) is 9.47 Å². The van der Waals surface area contributed by atoms with Crippen molar-refractivity contribution in [2.75, 3.05) is 25.6 Å². The molecule has 1 saturated carbocycles. The van der Waals surface area contributed by atoms with Crippen molar-refractivity contribution in [3.63, 3.8) is 0 Å². The van der Waals surface area contributed by atoms with E-state index in [0.29, 0.717) is 19.3 Å². The molecule has 1 fully saturated rings. The molecule has 0 saturated heterocycles. The van der Waals surface area contributed by atoms with Crippen LogP contribution < -0.4 is 14.8 Å². The molecule has 1 amide bonds. The maximum absolute atomic E-state index is 12.6. The highest BCUT2D eigenvalue weighted by molar-refractivity contribution is 5.84. The highest BCUT2D eigenvalue weighted by atomic mass is 16.6. The molecular weight excluding hydrogens is 292 g/mol. The van der Waals surface area contributed by atoms with Crippen LogP contribution in [0, 0.1) is 0 Å². The lowest BCUT2D eigenvalue weighted by Gasteiger charge is -2.33. The Morgan fingerprint density at radius 1 is 1.17 bits per heavy atom. The molecular formula is C18H26N2O3. The monoisotopic (exact) mass is 318 g/mol. The molecule has 1 aliphatic heterocycles. The third-order valence-electron chi connectivity index (χ3n) is 4.77. The fourth-order valence-electron chi connectivity index (χ4n) is 3.40. The van der Waals surface area contributed by atoms with Gasteiger partial charge in [0, 0.05) is 24.8 Å². The Morgan fingerprint density at radius 2 is 1.87 bits per heavy atom. The summed E-state index contributed by atoms with van der Waals surface area (Å²) < 4.78 is 11.1. The normalized spacial score (nSPS) is 19.0. The first kappa shape index (κ1) is 16.0. The minimum Gasteiger partial charge on any atom is -0.486 e. The third-order valence-corrected chi connectivity index (χ3v) is 4.77. The van der Waals surface area contributed by atoms with Gasteiger partial charge >= 0.3 is 0 Å². The van der Waals surface area contributed by atoms with Crippen molar-refractivity contribution in [1.82, 2.24) is 4.90 Å². The van der Waals surface area contributed by atoms with Gasteiger partial charge < -0.3 is 19.7 Å². The maximum Gasteiger partial charge on any atom is 0.244 e. The SMILES string of the molecule is C[C@@H](Nc1ccc2c(c1)OCCO2)C(=O)N(C)C1CCCCC1. The van der Waals surface area contributed by atoms with Crippen molar-refractivity contribution in [1.29, 1.82) is 0 Å². The molecule has 1 aromatic carbocycles. The summed E-state index contributed by atoms with van der Waals surface area (Å²) in [5.74, 6) is 1.65. The fourth-order valence-corrected chi connectivity index (χ4v) is 3.40. The molecule has 1 aliphatic carbocycles. The van der Waals surface area contributed by atoms with Crippen molar-refractivity contribution in [2.45, 2.75) is 51.1 Å². The van der Waals surface area contributed by atoms with Gasteiger partial charge in [0.2, 0.25) is 5.91 Å². The number of anilines is 1. The van der Waals surface area contributed by atoms with Crippen LogP contribution in [0.1, 0.15) is 39.0 Å². The third kappa shape index (κ3) is 3.71. The van der Waals surface area contributed by atoms with Gasteiger partial charge in [0.1, 0.15) is 19.3 Å². The van der Waals surface area contributed by atoms with Crippen LogP contribution >= 0.6 is 0 Å². The van der Waals surface area contributed by atoms with E-state index in [1.807, 2.05) is 37.1 Å². The molecule has 0 spiro atoms. The summed E-state index contributed by atoms with van der Waals surface area (Å²) in [6.45, 7) is 3.06. The highest BCUT2D eigenvalue weighted by Crippen LogP contribution is 2.33. The number of amides is 1. The second-order valence-electron chi connectivity index (χ2n) is 6.47. The van der Waals surface area contributed by atoms with Gasteiger partial charge in [0.25, 0.3) is 0 Å². The molecule has 1 N–H and O–H groups in total. The van der Waals surface area contributed by atoms with E-state index < -0.39 is 0 Å². The van der Waals surface area contributed by atoms with Crippen LogP contribution in [0.15, 0.2) is 18.2 Å². The van der Waals surface area contributed by atoms with E-state index in [2.05, 4.69) is 5.32 Å². The van der Waals surface area contributed by atoms with E-state index in [0.717, 1.165) is 30.0 Å². The Morgan fingerprint density at radius 3 is 2.61 bits per heavy atom. The van der Waals surface area contributed by atoms with Crippen LogP contribution in [0.25, 0.3) is 0 Å². The summed E-state index contributed by atoms with van der Waals surface area (Å²) in [5.41, 5.74) is 0.882. The Hall–Kier alpha value is -1.91. The number of likely N-dealkylation sites (N-methyl/N-ethyl adjacent to an activating group) is 1. The zero-order chi connectivity index (χ0) is 16.2. The topological polar surface area (TPSA) is 50.8 Å². The molecule has 0 aromatic heterocycles. The zero-order valence-electron chi connectivity index (χ0n) is 14.0. The largest absolute Gasteiger partial charge is 0.486 e. The Balaban J connectivity index is 1.61. The predicted molar refractivity (Wildman–Crippen MR) is 90.2 cm³/mol. The molecule has 0 radical (unpaired) electrons. The van der Waals surface area contributed by atoms with Crippen LogP contribution in [-0.4, -0.2) is 43.2 Å². The van der Waals surface area contributed by atoms with Gasteiger partial charge in [0.15, 0.2) is 11.5 Å². The summed E-state index contributed by atoms with van der Waals surface area (Å²) >= 11 is 0. The lowest BCUT2D eigenvalue weighted by atomic mass is 9.94. The first-order chi connectivity index (χ1) is 11.1. The number of nitrogens with one attached hydrogen (secondary N) is 1. The predicted octanol–water partition coefficient (Wildman–Crippen LogP) is 3.05. The van der Waals surface area contributed by atoms with Crippen LogP contribution in [0.5, 0.6) is 11.5 Å². The molecule has 126 valence electrons. The molecule has 5 heteroatoms. The fraction of sp³-hybridized carbons (Fsp3) is 0.611. The zero-order valence-corrected chi connectivity index (χ0v) is 14.0. The molecule has 5 nitrogen and oxygen atoms in total. The first-order valence-corrected chi connectivity index (χ1v) is 8.58. The van der Waals surface area contributed by atoms with Crippen LogP contribution in [0.3, 0.4) is 0 Å². The number of hydrogen-bond acceptors (Lipinski definition) is 4. The summed E-state index contributed by atoms with van der Waals surface area (Å²) in [5, 5.41) is 3.28. The second-order valence-corrected chi connectivity index (χ2v) is 6.47. The van der Waals surface area contributed by atoms with Crippen molar-refractivity contribution in [2.24, 2.45) is 0 Å². The molecule has 23 heavy (non-hydrogen) atoms. The van der Waals surface area contributed by atoms with E-state index in [9.17, 15) is 4.79 Å². The van der Waals surface area contributed by atoms with Gasteiger partial charge in [-0.15, -0.1) is 0 Å². The van der Waals surface area contributed by atoms with Gasteiger partial charge in [-0.25, -0.2) is 0 Å². The molecule has 1 aromatic rings. The number of benzene rings is 1. The van der Waals surface area contributed by atoms with E-state index in [-0.39, 0.29) is 11.9 Å². The van der Waals surface area contributed by atoms with Gasteiger partial charge in [-0.2, -0.15) is 0 Å². The lowest BCUT2D eigenvalue weighted by molar-refractivity contribution is -0.133. The highest BCUT2D eigenvalue weighted by Gasteiger charge is 2.25. The van der Waals surface area contributed by atoms with Crippen molar-refractivity contribution in [3.05, 3.63) is 18.2 Å². The van der Waals surface area contributed by atoms with Crippen molar-refractivity contribution in [3.8, 4) is 11.5 Å². The number of carbonyl (C=O) groups is 1. The average Bonchev–Trinajstić information content (AvgIpc) is 2.61. The number of rotatable bonds is 4. The van der Waals surface area contributed by atoms with Gasteiger partial charge in [0.05, 0.1) is 0 Å². The summed E-state index contributed by atoms with van der Waals surface area (Å²) in [7, 11) is 1.93. The summed E-state index contributed by atoms with van der Waals surface area (Å²) in [6.07, 6.45) is 6.00. The molecule has 2 aliphatic rings. The number of fused-ring (bicyclic) bond motifs is 1. The first-order valence-electron chi connectivity index (χ1n) is 8.58. The summed E-state index contributed by atoms with van der Waals surface area (Å²) in [4.78, 5) is 14.6. The number of nitrogens with zero attached hydrogens (tertiary/aromatic N) is 1. The Labute approximate surface area is 137 Å². The number of ether oxygens (including phenoxy) is 2. The maximum atomic E-state index is 12.6. The Bertz CT molecular complexity index is 555. The second kappa shape index (κ2) is 7.11. The summed E-state index contributed by atoms with van der Waals surface area (Å²) in [6, 6.07) is 5.85. The van der Waals surface area contributed by atoms with Gasteiger partial charge in [-0.1, -0.05) is 19.3 Å². The van der Waals surface area contributed by atoms with E-state index in [1.54, 1.807) is 0 Å². The standard InChI is InChI=1S/C18H26N2O3/c1-13(18(21)20(2)15-6-4-3-5-7-15)19-14-8-9-16-17(12-14)23-11-10-22-16/h8-9,12-13,15,19H,3-7,10-11H2,1-2H3/t13-/m1/s1.